The summed E-state index contributed by atoms with van der Waals surface area (Å²) < 4.78 is 5.41. The van der Waals surface area contributed by atoms with Crippen molar-refractivity contribution in [3.05, 3.63) is 24.3 Å². The maximum absolute atomic E-state index is 5.41. The van der Waals surface area contributed by atoms with E-state index in [0.29, 0.717) is 0 Å². The van der Waals surface area contributed by atoms with Crippen molar-refractivity contribution in [1.82, 2.24) is 15.3 Å². The normalized spacial score (nSPS) is 10.5. The topological polar surface area (TPSA) is 47.0 Å². The van der Waals surface area contributed by atoms with Gasteiger partial charge in [-0.2, -0.15) is 0 Å². The lowest BCUT2D eigenvalue weighted by Gasteiger charge is -2.04. The Bertz CT molecular complexity index is 241. The number of rotatable bonds is 8. The third kappa shape index (κ3) is 6.14. The van der Waals surface area contributed by atoms with Crippen molar-refractivity contribution in [3.63, 3.8) is 0 Å². The third-order valence-corrected chi connectivity index (χ3v) is 1.99. The van der Waals surface area contributed by atoms with Gasteiger partial charge in [0.1, 0.15) is 0 Å². The van der Waals surface area contributed by atoms with Crippen LogP contribution in [-0.4, -0.2) is 29.7 Å². The van der Waals surface area contributed by atoms with Crippen LogP contribution in [-0.2, 0) is 11.3 Å². The molecule has 0 aromatic carbocycles. The van der Waals surface area contributed by atoms with E-state index in [1.165, 1.54) is 6.42 Å². The fourth-order valence-electron chi connectivity index (χ4n) is 1.13. The smallest absolute Gasteiger partial charge is 0.0724 e. The van der Waals surface area contributed by atoms with Crippen molar-refractivity contribution in [2.45, 2.75) is 26.3 Å². The van der Waals surface area contributed by atoms with Gasteiger partial charge in [0.05, 0.1) is 12.3 Å². The molecule has 1 aromatic heterocycles. The van der Waals surface area contributed by atoms with Crippen LogP contribution in [0.4, 0.5) is 0 Å². The minimum absolute atomic E-state index is 0.755. The Labute approximate surface area is 91.1 Å². The fourth-order valence-corrected chi connectivity index (χ4v) is 1.13. The van der Waals surface area contributed by atoms with E-state index in [1.54, 1.807) is 18.6 Å². The van der Waals surface area contributed by atoms with Crippen LogP contribution in [0, 0.1) is 0 Å². The van der Waals surface area contributed by atoms with Crippen LogP contribution >= 0.6 is 0 Å². The highest BCUT2D eigenvalue weighted by Gasteiger charge is 1.92. The summed E-state index contributed by atoms with van der Waals surface area (Å²) in [6, 6.07) is 0. The third-order valence-electron chi connectivity index (χ3n) is 1.99. The Hall–Kier alpha value is -1.00. The number of aromatic nitrogens is 2. The molecule has 0 spiro atoms. The summed E-state index contributed by atoms with van der Waals surface area (Å²) in [6.07, 6.45) is 7.48. The summed E-state index contributed by atoms with van der Waals surface area (Å²) in [5.74, 6) is 0. The zero-order chi connectivity index (χ0) is 10.8. The predicted molar refractivity (Wildman–Crippen MR) is 59.5 cm³/mol. The predicted octanol–water partition coefficient (Wildman–Crippen LogP) is 1.38. The molecule has 0 atom stereocenters. The van der Waals surface area contributed by atoms with Gasteiger partial charge in [-0.1, -0.05) is 13.3 Å². The highest BCUT2D eigenvalue weighted by molar-refractivity contribution is 4.93. The molecule has 15 heavy (non-hydrogen) atoms. The van der Waals surface area contributed by atoms with Crippen molar-refractivity contribution in [3.8, 4) is 0 Å². The van der Waals surface area contributed by atoms with E-state index in [1.807, 2.05) is 0 Å². The summed E-state index contributed by atoms with van der Waals surface area (Å²) in [6.45, 7) is 5.41. The zero-order valence-corrected chi connectivity index (χ0v) is 9.28. The second-order valence-electron chi connectivity index (χ2n) is 3.34. The lowest BCUT2D eigenvalue weighted by atomic mass is 10.4. The molecule has 0 radical (unpaired) electrons. The van der Waals surface area contributed by atoms with Crippen LogP contribution < -0.4 is 5.32 Å². The van der Waals surface area contributed by atoms with E-state index in [2.05, 4.69) is 22.2 Å². The Morgan fingerprint density at radius 2 is 2.27 bits per heavy atom. The summed E-state index contributed by atoms with van der Waals surface area (Å²) in [7, 11) is 0. The molecule has 0 unspecified atom stereocenters. The van der Waals surface area contributed by atoms with E-state index in [-0.39, 0.29) is 0 Å². The molecule has 0 aliphatic carbocycles. The average Bonchev–Trinajstić information content (AvgIpc) is 2.29. The first-order valence-electron chi connectivity index (χ1n) is 5.47. The molecule has 0 saturated heterocycles. The first kappa shape index (κ1) is 12.1. The molecule has 1 aromatic rings. The molecule has 0 saturated carbocycles. The van der Waals surface area contributed by atoms with Crippen LogP contribution in [0.2, 0.25) is 0 Å². The minimum atomic E-state index is 0.755. The molecule has 0 fully saturated rings. The zero-order valence-electron chi connectivity index (χ0n) is 9.28. The van der Waals surface area contributed by atoms with Gasteiger partial charge in [-0.05, 0) is 6.42 Å². The van der Waals surface area contributed by atoms with Gasteiger partial charge in [0, 0.05) is 38.3 Å². The molecular formula is C11H19N3O. The quantitative estimate of drug-likeness (QED) is 0.657. The monoisotopic (exact) mass is 209 g/mol. The van der Waals surface area contributed by atoms with E-state index < -0.39 is 0 Å². The highest BCUT2D eigenvalue weighted by Crippen LogP contribution is 1.89. The number of hydrogen-bond acceptors (Lipinski definition) is 4. The van der Waals surface area contributed by atoms with Gasteiger partial charge in [0.15, 0.2) is 0 Å². The minimum Gasteiger partial charge on any atom is -0.380 e. The molecular weight excluding hydrogens is 190 g/mol. The molecule has 1 rings (SSSR count). The molecule has 0 amide bonds. The van der Waals surface area contributed by atoms with E-state index in [4.69, 9.17) is 4.74 Å². The Morgan fingerprint density at radius 1 is 1.33 bits per heavy atom. The molecule has 0 bridgehead atoms. The van der Waals surface area contributed by atoms with Gasteiger partial charge in [0.2, 0.25) is 0 Å². The second-order valence-corrected chi connectivity index (χ2v) is 3.34. The SMILES string of the molecule is CCCCOCCNCc1cnccn1. The van der Waals surface area contributed by atoms with E-state index in [9.17, 15) is 0 Å². The number of nitrogens with zero attached hydrogens (tertiary/aromatic N) is 2. The van der Waals surface area contributed by atoms with Gasteiger partial charge in [-0.25, -0.2) is 0 Å². The molecule has 1 heterocycles. The van der Waals surface area contributed by atoms with Crippen LogP contribution in [0.5, 0.6) is 0 Å². The van der Waals surface area contributed by atoms with Crippen LogP contribution in [0.25, 0.3) is 0 Å². The molecule has 0 aliphatic rings. The van der Waals surface area contributed by atoms with Gasteiger partial charge >= 0.3 is 0 Å². The number of unbranched alkanes of at least 4 members (excludes halogenated alkanes) is 1. The second kappa shape index (κ2) is 8.32. The van der Waals surface area contributed by atoms with Crippen LogP contribution in [0.1, 0.15) is 25.5 Å². The fraction of sp³-hybridized carbons (Fsp3) is 0.636. The van der Waals surface area contributed by atoms with Crippen molar-refractivity contribution in [2.75, 3.05) is 19.8 Å². The summed E-state index contributed by atoms with van der Waals surface area (Å²) in [5.41, 5.74) is 0.964. The van der Waals surface area contributed by atoms with E-state index >= 15 is 0 Å². The maximum atomic E-state index is 5.41. The Kier molecular flexibility index (Phi) is 6.70. The van der Waals surface area contributed by atoms with Crippen LogP contribution in [0.15, 0.2) is 18.6 Å². The lowest BCUT2D eigenvalue weighted by Crippen LogP contribution is -2.20. The highest BCUT2D eigenvalue weighted by atomic mass is 16.5. The lowest BCUT2D eigenvalue weighted by molar-refractivity contribution is 0.133. The summed E-state index contributed by atoms with van der Waals surface area (Å²) in [5, 5.41) is 3.25. The largest absolute Gasteiger partial charge is 0.380 e. The summed E-state index contributed by atoms with van der Waals surface area (Å²) >= 11 is 0. The Morgan fingerprint density at radius 3 is 3.00 bits per heavy atom. The molecule has 1 N–H and O–H groups in total. The number of hydrogen-bond donors (Lipinski definition) is 1. The van der Waals surface area contributed by atoms with Gasteiger partial charge in [-0.3, -0.25) is 9.97 Å². The number of ether oxygens (including phenoxy) is 1. The molecule has 0 aliphatic heterocycles. The van der Waals surface area contributed by atoms with Crippen molar-refractivity contribution in [1.29, 1.82) is 0 Å². The molecule has 4 heteroatoms. The van der Waals surface area contributed by atoms with Gasteiger partial charge in [-0.15, -0.1) is 0 Å². The van der Waals surface area contributed by atoms with Crippen molar-refractivity contribution < 1.29 is 4.74 Å². The maximum Gasteiger partial charge on any atom is 0.0724 e. The molecule has 4 nitrogen and oxygen atoms in total. The Balaban J connectivity index is 1.93. The number of nitrogens with one attached hydrogen (secondary N) is 1. The summed E-state index contributed by atoms with van der Waals surface area (Å²) in [4.78, 5) is 8.15. The van der Waals surface area contributed by atoms with Crippen molar-refractivity contribution in [2.24, 2.45) is 0 Å². The van der Waals surface area contributed by atoms with Crippen molar-refractivity contribution >= 4 is 0 Å². The first-order chi connectivity index (χ1) is 7.43. The first-order valence-corrected chi connectivity index (χ1v) is 5.47. The van der Waals surface area contributed by atoms with Gasteiger partial charge < -0.3 is 10.1 Å². The standard InChI is InChI=1S/C11H19N3O/c1-2-3-7-15-8-6-13-10-11-9-12-4-5-14-11/h4-5,9,13H,2-3,6-8,10H2,1H3. The molecule has 84 valence electrons. The van der Waals surface area contributed by atoms with Crippen LogP contribution in [0.3, 0.4) is 0 Å². The van der Waals surface area contributed by atoms with E-state index in [0.717, 1.165) is 38.4 Å². The van der Waals surface area contributed by atoms with Gasteiger partial charge in [0.25, 0.3) is 0 Å². The average molecular weight is 209 g/mol.